The summed E-state index contributed by atoms with van der Waals surface area (Å²) in [6, 6.07) is 0. The monoisotopic (exact) mass is 1040 g/mol. The van der Waals surface area contributed by atoms with E-state index in [0.29, 0.717) is 31.7 Å². The molecule has 1 saturated carbocycles. The van der Waals surface area contributed by atoms with Crippen LogP contribution in [0.1, 0.15) is 168 Å². The molecular weight excluding hydrogens is 960 g/mol. The number of ketones is 1. The van der Waals surface area contributed by atoms with Crippen molar-refractivity contribution >= 4 is 43.0 Å². The van der Waals surface area contributed by atoms with Crippen molar-refractivity contribution in [2.45, 2.75) is 211 Å². The maximum Gasteiger partial charge on any atom is 0.472 e. The van der Waals surface area contributed by atoms with E-state index in [1.807, 2.05) is 6.92 Å². The molecule has 1 fully saturated rings. The van der Waals surface area contributed by atoms with Crippen LogP contribution in [0.3, 0.4) is 0 Å². The minimum atomic E-state index is -5.77. The number of unbranched alkanes of at least 4 members (excludes halogenated alkanes) is 18. The van der Waals surface area contributed by atoms with Gasteiger partial charge in [-0.1, -0.05) is 123 Å². The molecule has 66 heavy (non-hydrogen) atoms. The van der Waals surface area contributed by atoms with E-state index in [4.69, 9.17) is 23.3 Å². The summed E-state index contributed by atoms with van der Waals surface area (Å²) in [6.07, 6.45) is 5.12. The average molecular weight is 1040 g/mol. The van der Waals surface area contributed by atoms with Gasteiger partial charge in [0.1, 0.15) is 55.3 Å². The summed E-state index contributed by atoms with van der Waals surface area (Å²) in [7, 11) is -22.9. The third kappa shape index (κ3) is 32.3. The summed E-state index contributed by atoms with van der Waals surface area (Å²) < 4.78 is 87.8. The van der Waals surface area contributed by atoms with Crippen LogP contribution in [-0.2, 0) is 64.7 Å². The molecule has 9 N–H and O–H groups in total. The van der Waals surface area contributed by atoms with Crippen molar-refractivity contribution in [2.75, 3.05) is 26.6 Å². The number of rotatable bonds is 42. The fourth-order valence-electron chi connectivity index (χ4n) is 7.24. The molecule has 0 bridgehead atoms. The van der Waals surface area contributed by atoms with Gasteiger partial charge in [0, 0.05) is 25.9 Å². The standard InChI is InChI=1S/C39H78O23P4/c1-3-5-6-7-8-9-10-11-12-13-16-19-22-26-33(41)58-32(28-56-30-55-27-23-20-17-14-15-18-21-25-31(40)24-4-2)29-57-66(53,54)62-36-34(42)37(59-63(44,45)46)39(61-65(50,51)52)38(35(36)43)60-64(47,48)49/h32,34-39,42-43H,3-30H2,1-2H3,(H,53,54)(H2,44,45,46)(H2,47,48,49)(H2,50,51,52)/t32-,34-,35?,36?,37-,38+,39?/m1/s1. The molecule has 8 atom stereocenters. The summed E-state index contributed by atoms with van der Waals surface area (Å²) in [5.74, 6) is -0.391. The quantitative estimate of drug-likeness (QED) is 0.0136. The fourth-order valence-corrected chi connectivity index (χ4v) is 9.89. The van der Waals surface area contributed by atoms with Gasteiger partial charge in [-0.25, -0.2) is 18.3 Å². The molecule has 0 aromatic heterocycles. The van der Waals surface area contributed by atoms with Crippen LogP contribution in [0, 0.1) is 0 Å². The fraction of sp³-hybridized carbons (Fsp3) is 0.949. The Morgan fingerprint density at radius 3 is 1.35 bits per heavy atom. The molecule has 0 aromatic rings. The number of Topliss-reactive ketones (excluding diaryl/α,β-unsaturated/α-hetero) is 1. The smallest absolute Gasteiger partial charge is 0.457 e. The highest BCUT2D eigenvalue weighted by Gasteiger charge is 2.59. The van der Waals surface area contributed by atoms with Gasteiger partial charge in [-0.15, -0.1) is 0 Å². The van der Waals surface area contributed by atoms with Crippen molar-refractivity contribution in [1.82, 2.24) is 0 Å². The zero-order valence-electron chi connectivity index (χ0n) is 38.4. The van der Waals surface area contributed by atoms with E-state index >= 15 is 0 Å². The number of aliphatic hydroxyl groups excluding tert-OH is 2. The first kappa shape index (κ1) is 63.4. The lowest BCUT2D eigenvalue weighted by molar-refractivity contribution is -0.209. The van der Waals surface area contributed by atoms with E-state index in [0.717, 1.165) is 83.5 Å². The number of carbonyl (C=O) groups is 2. The van der Waals surface area contributed by atoms with E-state index < -0.39 is 93.2 Å². The highest BCUT2D eigenvalue weighted by atomic mass is 31.2. The highest BCUT2D eigenvalue weighted by molar-refractivity contribution is 7.47. The van der Waals surface area contributed by atoms with Crippen LogP contribution < -0.4 is 0 Å². The Bertz CT molecular complexity index is 1470. The van der Waals surface area contributed by atoms with Crippen molar-refractivity contribution < 1.29 is 109 Å². The van der Waals surface area contributed by atoms with Gasteiger partial charge in [-0.3, -0.25) is 32.2 Å². The Balaban J connectivity index is 2.87. The molecule has 0 amide bonds. The number of hydrogen-bond donors (Lipinski definition) is 9. The van der Waals surface area contributed by atoms with E-state index in [2.05, 4.69) is 20.5 Å². The predicted molar refractivity (Wildman–Crippen MR) is 237 cm³/mol. The second-order valence-electron chi connectivity index (χ2n) is 16.5. The van der Waals surface area contributed by atoms with Crippen molar-refractivity contribution in [2.24, 2.45) is 0 Å². The molecule has 0 heterocycles. The molecule has 0 radical (unpaired) electrons. The third-order valence-electron chi connectivity index (χ3n) is 10.5. The summed E-state index contributed by atoms with van der Waals surface area (Å²) >= 11 is 0. The number of phosphoric acid groups is 4. The first-order valence-corrected chi connectivity index (χ1v) is 29.2. The molecule has 392 valence electrons. The van der Waals surface area contributed by atoms with Gasteiger partial charge in [0.25, 0.3) is 0 Å². The number of hydrogen-bond acceptors (Lipinski definition) is 16. The molecule has 4 unspecified atom stereocenters. The van der Waals surface area contributed by atoms with Crippen LogP contribution in [-0.4, -0.2) is 126 Å². The van der Waals surface area contributed by atoms with Crippen LogP contribution in [0.5, 0.6) is 0 Å². The van der Waals surface area contributed by atoms with Crippen molar-refractivity contribution in [1.29, 1.82) is 0 Å². The van der Waals surface area contributed by atoms with Gasteiger partial charge in [0.05, 0.1) is 13.2 Å². The lowest BCUT2D eigenvalue weighted by atomic mass is 9.85. The van der Waals surface area contributed by atoms with Crippen LogP contribution >= 0.6 is 31.3 Å². The van der Waals surface area contributed by atoms with Gasteiger partial charge >= 0.3 is 37.3 Å². The van der Waals surface area contributed by atoms with E-state index in [1.54, 1.807) is 0 Å². The van der Waals surface area contributed by atoms with Crippen LogP contribution in [0.15, 0.2) is 0 Å². The first-order chi connectivity index (χ1) is 31.0. The second-order valence-corrected chi connectivity index (χ2v) is 21.5. The largest absolute Gasteiger partial charge is 0.472 e. The second kappa shape index (κ2) is 34.7. The molecule has 0 aliphatic heterocycles. The molecule has 1 aliphatic rings. The van der Waals surface area contributed by atoms with Gasteiger partial charge in [0.15, 0.2) is 0 Å². The Hall–Kier alpha value is -0.580. The molecule has 1 rings (SSSR count). The number of carbonyl (C=O) groups excluding carboxylic acids is 2. The lowest BCUT2D eigenvalue weighted by Crippen LogP contribution is -2.65. The summed E-state index contributed by atoms with van der Waals surface area (Å²) in [5, 5.41) is 21.8. The van der Waals surface area contributed by atoms with Crippen molar-refractivity contribution in [3.63, 3.8) is 0 Å². The molecule has 0 saturated heterocycles. The Kier molecular flexibility index (Phi) is 33.3. The summed E-state index contributed by atoms with van der Waals surface area (Å²) in [4.78, 5) is 91.6. The third-order valence-corrected chi connectivity index (χ3v) is 13.0. The van der Waals surface area contributed by atoms with E-state index in [1.165, 1.54) is 44.9 Å². The zero-order chi connectivity index (χ0) is 49.7. The van der Waals surface area contributed by atoms with Crippen LogP contribution in [0.4, 0.5) is 0 Å². The topological polar surface area (TPSA) is 358 Å². The average Bonchev–Trinajstić information content (AvgIpc) is 3.21. The van der Waals surface area contributed by atoms with Gasteiger partial charge in [-0.2, -0.15) is 0 Å². The predicted octanol–water partition coefficient (Wildman–Crippen LogP) is 6.53. The Morgan fingerprint density at radius 1 is 0.470 bits per heavy atom. The molecule has 0 spiro atoms. The van der Waals surface area contributed by atoms with E-state index in [9.17, 15) is 72.3 Å². The number of ether oxygens (including phenoxy) is 3. The molecule has 27 heteroatoms. The maximum atomic E-state index is 13.2. The number of phosphoric ester groups is 4. The number of aliphatic hydroxyl groups is 2. The molecule has 23 nitrogen and oxygen atoms in total. The normalized spacial score (nSPS) is 22.0. The Morgan fingerprint density at radius 2 is 0.894 bits per heavy atom. The van der Waals surface area contributed by atoms with Gasteiger partial charge < -0.3 is 58.7 Å². The van der Waals surface area contributed by atoms with Crippen molar-refractivity contribution in [3.8, 4) is 0 Å². The van der Waals surface area contributed by atoms with Crippen molar-refractivity contribution in [3.05, 3.63) is 0 Å². The molecule has 1 aliphatic carbocycles. The van der Waals surface area contributed by atoms with Crippen LogP contribution in [0.2, 0.25) is 0 Å². The summed E-state index contributed by atoms with van der Waals surface area (Å²) in [5.41, 5.74) is 0. The number of esters is 1. The first-order valence-electron chi connectivity index (χ1n) is 23.1. The molecule has 0 aromatic carbocycles. The lowest BCUT2D eigenvalue weighted by Gasteiger charge is -2.45. The zero-order valence-corrected chi connectivity index (χ0v) is 41.9. The van der Waals surface area contributed by atoms with Crippen LogP contribution in [0.25, 0.3) is 0 Å². The Labute approximate surface area is 388 Å². The summed E-state index contributed by atoms with van der Waals surface area (Å²) in [6.45, 7) is 2.93. The minimum absolute atomic E-state index is 0.00471. The SMILES string of the molecule is CCCCCCCCCCCCCCCC(=O)O[C@H](COCOCCCCCCCCCC(=O)CCC)COP(=O)(O)OC1C(O)[C@H](OP(=O)(O)O)C(OP(=O)(O)O)[C@H](OP(=O)(O)O)[C@@H]1O. The minimum Gasteiger partial charge on any atom is -0.457 e. The molecular formula is C39H78O23P4. The van der Waals surface area contributed by atoms with Gasteiger partial charge in [-0.05, 0) is 25.7 Å². The van der Waals surface area contributed by atoms with E-state index in [-0.39, 0.29) is 13.2 Å². The maximum absolute atomic E-state index is 13.2. The van der Waals surface area contributed by atoms with Gasteiger partial charge in [0.2, 0.25) is 0 Å². The highest BCUT2D eigenvalue weighted by Crippen LogP contribution is 2.53.